The molecule has 6 nitrogen and oxygen atoms in total. The molecule has 1 fully saturated rings. The lowest BCUT2D eigenvalue weighted by atomic mass is 10.1. The molecule has 26 heavy (non-hydrogen) atoms. The summed E-state index contributed by atoms with van der Waals surface area (Å²) in [4.78, 5) is 21.1. The Balaban J connectivity index is 1.38. The predicted molar refractivity (Wildman–Crippen MR) is 99.3 cm³/mol. The molecular formula is C19H23FN6. The van der Waals surface area contributed by atoms with Crippen LogP contribution in [0.1, 0.15) is 30.7 Å². The number of aromatic nitrogens is 4. The number of nitrogens with zero attached hydrogens (tertiary/aromatic N) is 5. The maximum absolute atomic E-state index is 13.3. The van der Waals surface area contributed by atoms with Gasteiger partial charge in [0.1, 0.15) is 11.6 Å². The molecule has 1 aromatic carbocycles. The molecule has 3 aromatic rings. The lowest BCUT2D eigenvalue weighted by Crippen LogP contribution is -2.31. The number of H-pyrrole nitrogens is 1. The minimum atomic E-state index is -0.257. The molecule has 0 amide bonds. The number of hydrogen-bond donors (Lipinski definition) is 1. The third-order valence-corrected chi connectivity index (χ3v) is 4.70. The number of nitrogens with one attached hydrogen (secondary N) is 1. The molecule has 0 unspecified atom stereocenters. The van der Waals surface area contributed by atoms with Crippen LogP contribution in [0.5, 0.6) is 0 Å². The standard InChI is InChI=1S/C19H23FN6/c1-25(13-18-23-16-6-5-15(20)9-17(16)24-18)12-14-10-21-19(22-11-14)26-7-3-2-4-8-26/h5-6,9-11H,2-4,7-8,12-13H2,1H3,(H,23,24). The molecule has 1 aliphatic rings. The van der Waals surface area contributed by atoms with Crippen LogP contribution in [0, 0.1) is 5.82 Å². The highest BCUT2D eigenvalue weighted by molar-refractivity contribution is 5.74. The summed E-state index contributed by atoms with van der Waals surface area (Å²) in [6.07, 6.45) is 7.54. The Morgan fingerprint density at radius 3 is 2.65 bits per heavy atom. The summed E-state index contributed by atoms with van der Waals surface area (Å²) in [6, 6.07) is 4.59. The highest BCUT2D eigenvalue weighted by Gasteiger charge is 2.13. The maximum atomic E-state index is 13.3. The number of benzene rings is 1. The molecule has 0 aliphatic carbocycles. The van der Waals surface area contributed by atoms with Gasteiger partial charge in [0.25, 0.3) is 0 Å². The predicted octanol–water partition coefficient (Wildman–Crippen LogP) is 3.11. The van der Waals surface area contributed by atoms with Crippen molar-refractivity contribution in [1.29, 1.82) is 0 Å². The van der Waals surface area contributed by atoms with Crippen LogP contribution < -0.4 is 4.90 Å². The number of halogens is 1. The van der Waals surface area contributed by atoms with Gasteiger partial charge in [-0.3, -0.25) is 4.90 Å². The van der Waals surface area contributed by atoms with Gasteiger partial charge in [0, 0.05) is 37.6 Å². The highest BCUT2D eigenvalue weighted by Crippen LogP contribution is 2.16. The molecule has 1 N–H and O–H groups in total. The number of aromatic amines is 1. The maximum Gasteiger partial charge on any atom is 0.225 e. The number of imidazole rings is 1. The van der Waals surface area contributed by atoms with Gasteiger partial charge in [-0.05, 0) is 44.5 Å². The van der Waals surface area contributed by atoms with Crippen molar-refractivity contribution in [1.82, 2.24) is 24.8 Å². The van der Waals surface area contributed by atoms with Crippen LogP contribution in [0.4, 0.5) is 10.3 Å². The first-order valence-corrected chi connectivity index (χ1v) is 9.06. The third kappa shape index (κ3) is 3.83. The quantitative estimate of drug-likeness (QED) is 0.763. The van der Waals surface area contributed by atoms with E-state index < -0.39 is 0 Å². The lowest BCUT2D eigenvalue weighted by Gasteiger charge is -2.26. The van der Waals surface area contributed by atoms with Gasteiger partial charge >= 0.3 is 0 Å². The number of anilines is 1. The van der Waals surface area contributed by atoms with Crippen LogP contribution in [0.25, 0.3) is 11.0 Å². The van der Waals surface area contributed by atoms with E-state index in [4.69, 9.17) is 0 Å². The van der Waals surface area contributed by atoms with Crippen molar-refractivity contribution in [2.45, 2.75) is 32.4 Å². The smallest absolute Gasteiger partial charge is 0.225 e. The Bertz CT molecular complexity index is 869. The zero-order valence-electron chi connectivity index (χ0n) is 15.0. The molecule has 0 spiro atoms. The largest absolute Gasteiger partial charge is 0.341 e. The van der Waals surface area contributed by atoms with Crippen molar-refractivity contribution in [3.05, 3.63) is 47.8 Å². The van der Waals surface area contributed by atoms with Gasteiger partial charge in [0.15, 0.2) is 0 Å². The second kappa shape index (κ2) is 7.37. The minimum absolute atomic E-state index is 0.257. The molecule has 0 radical (unpaired) electrons. The van der Waals surface area contributed by atoms with Crippen molar-refractivity contribution < 1.29 is 4.39 Å². The van der Waals surface area contributed by atoms with Crippen molar-refractivity contribution >= 4 is 17.0 Å². The molecule has 0 bridgehead atoms. The van der Waals surface area contributed by atoms with Gasteiger partial charge in [-0.25, -0.2) is 19.3 Å². The summed E-state index contributed by atoms with van der Waals surface area (Å²) in [7, 11) is 2.02. The Morgan fingerprint density at radius 2 is 1.88 bits per heavy atom. The molecule has 136 valence electrons. The first-order chi connectivity index (χ1) is 12.7. The molecule has 7 heteroatoms. The van der Waals surface area contributed by atoms with E-state index in [1.54, 1.807) is 6.07 Å². The van der Waals surface area contributed by atoms with Gasteiger partial charge in [-0.2, -0.15) is 0 Å². The van der Waals surface area contributed by atoms with E-state index in [-0.39, 0.29) is 5.82 Å². The molecular weight excluding hydrogens is 331 g/mol. The van der Waals surface area contributed by atoms with Gasteiger partial charge in [-0.1, -0.05) is 0 Å². The summed E-state index contributed by atoms with van der Waals surface area (Å²) in [5.41, 5.74) is 2.57. The van der Waals surface area contributed by atoms with Gasteiger partial charge in [-0.15, -0.1) is 0 Å². The third-order valence-electron chi connectivity index (χ3n) is 4.70. The summed E-state index contributed by atoms with van der Waals surface area (Å²) in [5, 5.41) is 0. The van der Waals surface area contributed by atoms with E-state index in [0.717, 1.165) is 48.0 Å². The fourth-order valence-corrected chi connectivity index (χ4v) is 3.42. The van der Waals surface area contributed by atoms with Crippen LogP contribution in [0.2, 0.25) is 0 Å². The van der Waals surface area contributed by atoms with Crippen molar-refractivity contribution in [2.75, 3.05) is 25.0 Å². The number of rotatable bonds is 5. The second-order valence-corrected chi connectivity index (χ2v) is 6.96. The van der Waals surface area contributed by atoms with Gasteiger partial charge < -0.3 is 9.88 Å². The van der Waals surface area contributed by atoms with E-state index in [9.17, 15) is 4.39 Å². The Labute approximate surface area is 152 Å². The normalized spacial score (nSPS) is 15.1. The van der Waals surface area contributed by atoms with E-state index in [2.05, 4.69) is 29.7 Å². The summed E-state index contributed by atoms with van der Waals surface area (Å²) < 4.78 is 13.3. The molecule has 0 saturated carbocycles. The molecule has 3 heterocycles. The lowest BCUT2D eigenvalue weighted by molar-refractivity contribution is 0.311. The van der Waals surface area contributed by atoms with E-state index in [1.807, 2.05) is 19.4 Å². The van der Waals surface area contributed by atoms with Crippen molar-refractivity contribution in [3.8, 4) is 0 Å². The monoisotopic (exact) mass is 354 g/mol. The number of fused-ring (bicyclic) bond motifs is 1. The average Bonchev–Trinajstić information content (AvgIpc) is 3.04. The van der Waals surface area contributed by atoms with Crippen LogP contribution in [-0.4, -0.2) is 45.0 Å². The first kappa shape index (κ1) is 16.9. The van der Waals surface area contributed by atoms with E-state index >= 15 is 0 Å². The average molecular weight is 354 g/mol. The fraction of sp³-hybridized carbons (Fsp3) is 0.421. The number of hydrogen-bond acceptors (Lipinski definition) is 5. The van der Waals surface area contributed by atoms with Crippen LogP contribution in [0.3, 0.4) is 0 Å². The molecule has 0 atom stereocenters. The zero-order valence-corrected chi connectivity index (χ0v) is 15.0. The Morgan fingerprint density at radius 1 is 1.12 bits per heavy atom. The van der Waals surface area contributed by atoms with Crippen molar-refractivity contribution in [2.24, 2.45) is 0 Å². The minimum Gasteiger partial charge on any atom is -0.341 e. The molecule has 4 rings (SSSR count). The number of piperidine rings is 1. The molecule has 1 aliphatic heterocycles. The molecule has 1 saturated heterocycles. The van der Waals surface area contributed by atoms with Gasteiger partial charge in [0.05, 0.1) is 17.6 Å². The Hall–Kier alpha value is -2.54. The summed E-state index contributed by atoms with van der Waals surface area (Å²) in [5.74, 6) is 1.39. The van der Waals surface area contributed by atoms with Crippen LogP contribution >= 0.6 is 0 Å². The second-order valence-electron chi connectivity index (χ2n) is 6.96. The SMILES string of the molecule is CN(Cc1cnc(N2CCCCC2)nc1)Cc1nc2ccc(F)cc2[nH]1. The first-order valence-electron chi connectivity index (χ1n) is 9.06. The highest BCUT2D eigenvalue weighted by atomic mass is 19.1. The Kier molecular flexibility index (Phi) is 4.79. The van der Waals surface area contributed by atoms with Crippen LogP contribution in [0.15, 0.2) is 30.6 Å². The zero-order chi connectivity index (χ0) is 17.9. The van der Waals surface area contributed by atoms with Crippen LogP contribution in [-0.2, 0) is 13.1 Å². The van der Waals surface area contributed by atoms with Gasteiger partial charge in [0.2, 0.25) is 5.95 Å². The molecule has 2 aromatic heterocycles. The van der Waals surface area contributed by atoms with E-state index in [0.29, 0.717) is 6.54 Å². The summed E-state index contributed by atoms with van der Waals surface area (Å²) >= 11 is 0. The van der Waals surface area contributed by atoms with Crippen molar-refractivity contribution in [3.63, 3.8) is 0 Å². The summed E-state index contributed by atoms with van der Waals surface area (Å²) in [6.45, 7) is 3.47. The van der Waals surface area contributed by atoms with E-state index in [1.165, 1.54) is 31.4 Å². The fourth-order valence-electron chi connectivity index (χ4n) is 3.42. The topological polar surface area (TPSA) is 60.9 Å².